The summed E-state index contributed by atoms with van der Waals surface area (Å²) in [7, 11) is -0.849. The Kier molecular flexibility index (Phi) is 3.41. The molecular weight excluding hydrogens is 136 g/mol. The molecule has 0 radical (unpaired) electrons. The quantitative estimate of drug-likeness (QED) is 0.528. The van der Waals surface area contributed by atoms with Gasteiger partial charge in [-0.1, -0.05) is 37.3 Å². The number of rotatable bonds is 2. The van der Waals surface area contributed by atoms with Gasteiger partial charge >= 0.3 is 0 Å². The van der Waals surface area contributed by atoms with Crippen molar-refractivity contribution in [2.45, 2.75) is 25.7 Å². The molecule has 0 fully saturated rings. The van der Waals surface area contributed by atoms with E-state index in [4.69, 9.17) is 11.6 Å². The molecule has 0 nitrogen and oxygen atoms in total. The Morgan fingerprint density at radius 2 is 1.88 bits per heavy atom. The van der Waals surface area contributed by atoms with Crippen molar-refractivity contribution in [3.8, 4) is 0 Å². The maximum Gasteiger partial charge on any atom is 0.0480 e. The summed E-state index contributed by atoms with van der Waals surface area (Å²) < 4.78 is 0. The van der Waals surface area contributed by atoms with Gasteiger partial charge < -0.3 is 0 Å². The normalized spacial score (nSPS) is 13.0. The highest BCUT2D eigenvalue weighted by atomic mass is 35.5. The van der Waals surface area contributed by atoms with Crippen molar-refractivity contribution in [1.29, 1.82) is 0 Å². The highest BCUT2D eigenvalue weighted by Gasteiger charge is 2.08. The van der Waals surface area contributed by atoms with Crippen LogP contribution in [0.1, 0.15) is 0 Å². The zero-order valence-electron chi connectivity index (χ0n) is 5.74. The monoisotopic (exact) mass is 148 g/mol. The van der Waals surface area contributed by atoms with Gasteiger partial charge in [-0.05, 0) is 11.6 Å². The fourth-order valence-corrected chi connectivity index (χ4v) is 1.46. The molecule has 0 N–H and O–H groups in total. The first-order valence-electron chi connectivity index (χ1n) is 2.81. The van der Waals surface area contributed by atoms with Gasteiger partial charge in [0.2, 0.25) is 0 Å². The summed E-state index contributed by atoms with van der Waals surface area (Å²) in [5.41, 5.74) is 1.61. The maximum atomic E-state index is 5.35. The second kappa shape index (κ2) is 3.31. The zero-order valence-corrected chi connectivity index (χ0v) is 7.50. The third-order valence-corrected chi connectivity index (χ3v) is 2.46. The first-order chi connectivity index (χ1) is 3.56. The molecule has 0 heterocycles. The van der Waals surface area contributed by atoms with E-state index in [1.807, 2.05) is 6.08 Å². The molecule has 0 aromatic rings. The summed E-state index contributed by atoms with van der Waals surface area (Å²) in [5, 5.41) is 0. The molecule has 0 aliphatic rings. The van der Waals surface area contributed by atoms with Gasteiger partial charge in [-0.3, -0.25) is 0 Å². The minimum atomic E-state index is -0.849. The fraction of sp³-hybridized carbons (Fsp3) is 0.667. The van der Waals surface area contributed by atoms with Crippen LogP contribution in [0.15, 0.2) is 11.6 Å². The molecule has 8 heavy (non-hydrogen) atoms. The van der Waals surface area contributed by atoms with Crippen LogP contribution in [0, 0.1) is 0 Å². The molecule has 0 aliphatic heterocycles. The van der Waals surface area contributed by atoms with Gasteiger partial charge in [0.1, 0.15) is 0 Å². The van der Waals surface area contributed by atoms with Crippen molar-refractivity contribution < 1.29 is 0 Å². The Hall–Kier alpha value is 0.247. The minimum Gasteiger partial charge on any atom is -0.0933 e. The largest absolute Gasteiger partial charge is 0.0933 e. The Morgan fingerprint density at radius 1 is 1.38 bits per heavy atom. The van der Waals surface area contributed by atoms with Crippen LogP contribution >= 0.6 is 11.6 Å². The lowest BCUT2D eigenvalue weighted by Gasteiger charge is -2.10. The lowest BCUT2D eigenvalue weighted by molar-refractivity contribution is 1.52. The molecule has 0 aromatic carbocycles. The van der Waals surface area contributed by atoms with Crippen molar-refractivity contribution in [2.24, 2.45) is 0 Å². The average Bonchev–Trinajstić information content (AvgIpc) is 1.59. The standard InChI is InChI=1S/C6H13ClSi/c1-8(2,3)6-4-5-7/h4-5H,6H2,1-3H3. The van der Waals surface area contributed by atoms with Crippen LogP contribution in [-0.2, 0) is 0 Å². The molecule has 0 unspecified atom stereocenters. The summed E-state index contributed by atoms with van der Waals surface area (Å²) in [6.07, 6.45) is 2.04. The smallest absolute Gasteiger partial charge is 0.0480 e. The van der Waals surface area contributed by atoms with Gasteiger partial charge in [-0.25, -0.2) is 0 Å². The molecular formula is C6H13ClSi. The lowest BCUT2D eigenvalue weighted by Crippen LogP contribution is -2.17. The van der Waals surface area contributed by atoms with E-state index < -0.39 is 8.07 Å². The van der Waals surface area contributed by atoms with E-state index in [-0.39, 0.29) is 0 Å². The first-order valence-corrected chi connectivity index (χ1v) is 6.96. The number of allylic oxidation sites excluding steroid dienone is 1. The minimum absolute atomic E-state index is 0.849. The molecule has 0 saturated heterocycles. The molecule has 2 heteroatoms. The Morgan fingerprint density at radius 3 is 2.00 bits per heavy atom. The molecule has 0 rings (SSSR count). The van der Waals surface area contributed by atoms with Crippen LogP contribution in [0.2, 0.25) is 25.7 Å². The summed E-state index contributed by atoms with van der Waals surface area (Å²) >= 11 is 5.35. The van der Waals surface area contributed by atoms with Crippen LogP contribution in [-0.4, -0.2) is 8.07 Å². The van der Waals surface area contributed by atoms with Crippen molar-refractivity contribution in [3.05, 3.63) is 11.6 Å². The summed E-state index contributed by atoms with van der Waals surface area (Å²) in [6.45, 7) is 6.97. The maximum absolute atomic E-state index is 5.35. The Bertz CT molecular complexity index is 81.0. The van der Waals surface area contributed by atoms with Crippen molar-refractivity contribution in [2.75, 3.05) is 0 Å². The van der Waals surface area contributed by atoms with E-state index in [9.17, 15) is 0 Å². The van der Waals surface area contributed by atoms with E-state index in [1.54, 1.807) is 5.54 Å². The zero-order chi connectivity index (χ0) is 6.62. The van der Waals surface area contributed by atoms with Gasteiger partial charge in [0.05, 0.1) is 0 Å². The average molecular weight is 149 g/mol. The second-order valence-electron chi connectivity index (χ2n) is 3.13. The van der Waals surface area contributed by atoms with E-state index >= 15 is 0 Å². The molecule has 0 bridgehead atoms. The highest BCUT2D eigenvalue weighted by Crippen LogP contribution is 2.08. The van der Waals surface area contributed by atoms with Gasteiger partial charge in [-0.2, -0.15) is 0 Å². The van der Waals surface area contributed by atoms with Crippen LogP contribution in [0.25, 0.3) is 0 Å². The predicted molar refractivity (Wildman–Crippen MR) is 43.1 cm³/mol. The lowest BCUT2D eigenvalue weighted by atomic mass is 10.8. The fourth-order valence-electron chi connectivity index (χ4n) is 0.398. The van der Waals surface area contributed by atoms with Crippen LogP contribution < -0.4 is 0 Å². The molecule has 0 aliphatic carbocycles. The SMILES string of the molecule is C[Si](C)(C)CC=CCl. The van der Waals surface area contributed by atoms with Gasteiger partial charge in [0, 0.05) is 8.07 Å². The van der Waals surface area contributed by atoms with Gasteiger partial charge in [0.15, 0.2) is 0 Å². The Labute approximate surface area is 57.6 Å². The first kappa shape index (κ1) is 8.25. The number of hydrogen-bond acceptors (Lipinski definition) is 0. The van der Waals surface area contributed by atoms with E-state index in [0.29, 0.717) is 0 Å². The summed E-state index contributed by atoms with van der Waals surface area (Å²) in [6, 6.07) is 1.19. The molecule has 0 spiro atoms. The summed E-state index contributed by atoms with van der Waals surface area (Å²) in [4.78, 5) is 0. The Balaban J connectivity index is 3.39. The van der Waals surface area contributed by atoms with E-state index in [1.165, 1.54) is 6.04 Å². The molecule has 48 valence electrons. The third kappa shape index (κ3) is 6.25. The number of hydrogen-bond donors (Lipinski definition) is 0. The molecule has 0 saturated carbocycles. The second-order valence-corrected chi connectivity index (χ2v) is 8.91. The van der Waals surface area contributed by atoms with Crippen molar-refractivity contribution >= 4 is 19.7 Å². The number of halogens is 1. The van der Waals surface area contributed by atoms with Crippen LogP contribution in [0.5, 0.6) is 0 Å². The highest BCUT2D eigenvalue weighted by molar-refractivity contribution is 6.76. The van der Waals surface area contributed by atoms with Gasteiger partial charge in [0.25, 0.3) is 0 Å². The van der Waals surface area contributed by atoms with E-state index in [2.05, 4.69) is 19.6 Å². The van der Waals surface area contributed by atoms with Crippen LogP contribution in [0.3, 0.4) is 0 Å². The van der Waals surface area contributed by atoms with Crippen molar-refractivity contribution in [1.82, 2.24) is 0 Å². The molecule has 0 amide bonds. The predicted octanol–water partition coefficient (Wildman–Crippen LogP) is 3.08. The van der Waals surface area contributed by atoms with Gasteiger partial charge in [-0.15, -0.1) is 0 Å². The molecule has 0 aromatic heterocycles. The topological polar surface area (TPSA) is 0 Å². The van der Waals surface area contributed by atoms with Crippen LogP contribution in [0.4, 0.5) is 0 Å². The van der Waals surface area contributed by atoms with Crippen molar-refractivity contribution in [3.63, 3.8) is 0 Å². The van der Waals surface area contributed by atoms with E-state index in [0.717, 1.165) is 0 Å². The summed E-state index contributed by atoms with van der Waals surface area (Å²) in [5.74, 6) is 0. The molecule has 0 atom stereocenters. The third-order valence-electron chi connectivity index (χ3n) is 0.819.